The Kier molecular flexibility index (Phi) is 22.9. The summed E-state index contributed by atoms with van der Waals surface area (Å²) in [6.45, 7) is 10.6. The van der Waals surface area contributed by atoms with E-state index in [1.165, 1.54) is 63.9 Å². The van der Waals surface area contributed by atoms with Gasteiger partial charge in [-0.25, -0.2) is 9.59 Å². The number of esters is 2. The number of hydrogen-bond donors (Lipinski definition) is 0. The molecule has 0 aliphatic heterocycles. The molecule has 0 aliphatic rings. The zero-order valence-electron chi connectivity index (χ0n) is 17.8. The molecule has 0 fully saturated rings. The molecule has 0 bridgehead atoms. The van der Waals surface area contributed by atoms with Crippen LogP contribution in [0.25, 0.3) is 0 Å². The van der Waals surface area contributed by atoms with Gasteiger partial charge in [0.05, 0.1) is 6.61 Å². The summed E-state index contributed by atoms with van der Waals surface area (Å²) in [5.41, 5.74) is 0. The SMILES string of the molecule is C=CC(=O)OCCCCCCCCCCCC.C=CC(=O)OCCN(C)C. The molecule has 0 N–H and O–H groups in total. The minimum Gasteiger partial charge on any atom is -0.463 e. The summed E-state index contributed by atoms with van der Waals surface area (Å²) in [7, 11) is 3.84. The van der Waals surface area contributed by atoms with Crippen molar-refractivity contribution < 1.29 is 19.1 Å². The number of rotatable bonds is 16. The van der Waals surface area contributed by atoms with Crippen LogP contribution >= 0.6 is 0 Å². The molecule has 0 spiro atoms. The zero-order valence-corrected chi connectivity index (χ0v) is 17.8. The summed E-state index contributed by atoms with van der Waals surface area (Å²) < 4.78 is 9.61. The van der Waals surface area contributed by atoms with Crippen molar-refractivity contribution >= 4 is 11.9 Å². The van der Waals surface area contributed by atoms with Gasteiger partial charge in [0, 0.05) is 18.7 Å². The summed E-state index contributed by atoms with van der Waals surface area (Å²) in [6.07, 6.45) is 15.3. The summed E-state index contributed by atoms with van der Waals surface area (Å²) >= 11 is 0. The lowest BCUT2D eigenvalue weighted by Crippen LogP contribution is -2.19. The first-order chi connectivity index (χ1) is 13.0. The first-order valence-electron chi connectivity index (χ1n) is 10.2. The third-order valence-corrected chi connectivity index (χ3v) is 3.86. The molecule has 0 aromatic carbocycles. The lowest BCUT2D eigenvalue weighted by molar-refractivity contribution is -0.138. The van der Waals surface area contributed by atoms with Crippen LogP contribution in [0.3, 0.4) is 0 Å². The third-order valence-electron chi connectivity index (χ3n) is 3.86. The lowest BCUT2D eigenvalue weighted by atomic mass is 10.1. The van der Waals surface area contributed by atoms with Crippen molar-refractivity contribution in [3.63, 3.8) is 0 Å². The van der Waals surface area contributed by atoms with Gasteiger partial charge in [-0.1, -0.05) is 77.9 Å². The second kappa shape index (κ2) is 22.4. The monoisotopic (exact) mass is 383 g/mol. The Hall–Kier alpha value is -1.62. The quantitative estimate of drug-likeness (QED) is 0.215. The molecule has 0 radical (unpaired) electrons. The van der Waals surface area contributed by atoms with Crippen LogP contribution in [0.1, 0.15) is 71.1 Å². The number of unbranched alkanes of at least 4 members (excludes halogenated alkanes) is 9. The Balaban J connectivity index is 0. The molecular weight excluding hydrogens is 342 g/mol. The van der Waals surface area contributed by atoms with Gasteiger partial charge in [-0.05, 0) is 20.5 Å². The second-order valence-electron chi connectivity index (χ2n) is 6.73. The maximum Gasteiger partial charge on any atom is 0.330 e. The molecule has 158 valence electrons. The van der Waals surface area contributed by atoms with E-state index in [1.807, 2.05) is 19.0 Å². The van der Waals surface area contributed by atoms with Crippen molar-refractivity contribution in [2.24, 2.45) is 0 Å². The molecule has 0 amide bonds. The smallest absolute Gasteiger partial charge is 0.330 e. The van der Waals surface area contributed by atoms with Crippen LogP contribution < -0.4 is 0 Å². The van der Waals surface area contributed by atoms with Crippen molar-refractivity contribution in [3.05, 3.63) is 25.3 Å². The van der Waals surface area contributed by atoms with Crippen LogP contribution in [0.2, 0.25) is 0 Å². The van der Waals surface area contributed by atoms with E-state index in [1.54, 1.807) is 0 Å². The Bertz CT molecular complexity index is 381. The summed E-state index contributed by atoms with van der Waals surface area (Å²) in [4.78, 5) is 23.1. The first kappa shape index (κ1) is 27.6. The topological polar surface area (TPSA) is 55.8 Å². The van der Waals surface area contributed by atoms with Crippen LogP contribution in [0.4, 0.5) is 0 Å². The number of hydrogen-bond acceptors (Lipinski definition) is 5. The number of carbonyl (C=O) groups excluding carboxylic acids is 2. The Morgan fingerprint density at radius 1 is 0.741 bits per heavy atom. The van der Waals surface area contributed by atoms with Crippen molar-refractivity contribution in [2.75, 3.05) is 33.9 Å². The average Bonchev–Trinajstić information content (AvgIpc) is 2.65. The molecule has 0 aromatic heterocycles. The zero-order chi connectivity index (χ0) is 20.8. The van der Waals surface area contributed by atoms with Crippen LogP contribution in [0.5, 0.6) is 0 Å². The minimum absolute atomic E-state index is 0.305. The van der Waals surface area contributed by atoms with E-state index in [0.29, 0.717) is 13.2 Å². The summed E-state index contributed by atoms with van der Waals surface area (Å²) in [5, 5.41) is 0. The van der Waals surface area contributed by atoms with E-state index >= 15 is 0 Å². The second-order valence-corrected chi connectivity index (χ2v) is 6.73. The number of ether oxygens (including phenoxy) is 2. The average molecular weight is 384 g/mol. The van der Waals surface area contributed by atoms with E-state index in [9.17, 15) is 9.59 Å². The van der Waals surface area contributed by atoms with Crippen LogP contribution in [-0.2, 0) is 19.1 Å². The van der Waals surface area contributed by atoms with Gasteiger partial charge in [-0.15, -0.1) is 0 Å². The lowest BCUT2D eigenvalue weighted by Gasteiger charge is -2.07. The minimum atomic E-state index is -0.359. The largest absolute Gasteiger partial charge is 0.463 e. The normalized spacial score (nSPS) is 9.93. The highest BCUT2D eigenvalue weighted by molar-refractivity contribution is 5.81. The van der Waals surface area contributed by atoms with Gasteiger partial charge < -0.3 is 14.4 Å². The summed E-state index contributed by atoms with van der Waals surface area (Å²) in [5.74, 6) is -0.664. The maximum absolute atomic E-state index is 10.7. The fourth-order valence-electron chi connectivity index (χ4n) is 2.21. The molecule has 0 unspecified atom stereocenters. The first-order valence-corrected chi connectivity index (χ1v) is 10.2. The Labute approximate surface area is 166 Å². The molecule has 0 saturated carbocycles. The molecular formula is C22H41NO4. The van der Waals surface area contributed by atoms with Crippen molar-refractivity contribution in [3.8, 4) is 0 Å². The van der Waals surface area contributed by atoms with Gasteiger partial charge in [0.2, 0.25) is 0 Å². The number of carbonyl (C=O) groups is 2. The number of likely N-dealkylation sites (N-methyl/N-ethyl adjacent to an activating group) is 1. The highest BCUT2D eigenvalue weighted by Gasteiger charge is 1.96. The van der Waals surface area contributed by atoms with E-state index in [0.717, 1.165) is 19.0 Å². The van der Waals surface area contributed by atoms with Crippen molar-refractivity contribution in [1.82, 2.24) is 4.90 Å². The molecule has 0 heterocycles. The van der Waals surface area contributed by atoms with Crippen LogP contribution in [-0.4, -0.2) is 50.7 Å². The molecule has 0 rings (SSSR count). The molecule has 0 atom stereocenters. The van der Waals surface area contributed by atoms with E-state index in [-0.39, 0.29) is 11.9 Å². The molecule has 27 heavy (non-hydrogen) atoms. The highest BCUT2D eigenvalue weighted by Crippen LogP contribution is 2.10. The van der Waals surface area contributed by atoms with Crippen molar-refractivity contribution in [2.45, 2.75) is 71.1 Å². The van der Waals surface area contributed by atoms with Gasteiger partial charge in [0.15, 0.2) is 0 Å². The predicted molar refractivity (Wildman–Crippen MR) is 113 cm³/mol. The number of nitrogens with zero attached hydrogens (tertiary/aromatic N) is 1. The van der Waals surface area contributed by atoms with Gasteiger partial charge >= 0.3 is 11.9 Å². The standard InChI is InChI=1S/C15H28O2.C7H13NO2/c1-3-5-6-7-8-9-10-11-12-13-14-17-15(16)4-2;1-4-7(9)10-6-5-8(2)3/h4H,2-3,5-14H2,1H3;4H,1,5-6H2,2-3H3. The summed E-state index contributed by atoms with van der Waals surface area (Å²) in [6, 6.07) is 0. The van der Waals surface area contributed by atoms with Gasteiger partial charge in [-0.3, -0.25) is 0 Å². The van der Waals surface area contributed by atoms with E-state index < -0.39 is 0 Å². The van der Waals surface area contributed by atoms with Crippen LogP contribution in [0.15, 0.2) is 25.3 Å². The molecule has 5 nitrogen and oxygen atoms in total. The predicted octanol–water partition coefficient (Wildman–Crippen LogP) is 4.91. The Morgan fingerprint density at radius 2 is 1.15 bits per heavy atom. The highest BCUT2D eigenvalue weighted by atomic mass is 16.5. The third kappa shape index (κ3) is 26.7. The van der Waals surface area contributed by atoms with Gasteiger partial charge in [0.25, 0.3) is 0 Å². The molecule has 0 saturated heterocycles. The Morgan fingerprint density at radius 3 is 1.56 bits per heavy atom. The molecule has 5 heteroatoms. The van der Waals surface area contributed by atoms with E-state index in [2.05, 4.69) is 20.1 Å². The van der Waals surface area contributed by atoms with Gasteiger partial charge in [0.1, 0.15) is 6.61 Å². The fraction of sp³-hybridized carbons (Fsp3) is 0.727. The van der Waals surface area contributed by atoms with Crippen LogP contribution in [0, 0.1) is 0 Å². The van der Waals surface area contributed by atoms with Gasteiger partial charge in [-0.2, -0.15) is 0 Å². The van der Waals surface area contributed by atoms with E-state index in [4.69, 9.17) is 9.47 Å². The van der Waals surface area contributed by atoms with Crippen molar-refractivity contribution in [1.29, 1.82) is 0 Å². The fourth-order valence-corrected chi connectivity index (χ4v) is 2.21. The molecule has 0 aromatic rings. The maximum atomic E-state index is 10.7. The molecule has 0 aliphatic carbocycles.